The number of hydrogen-bond acceptors (Lipinski definition) is 3. The lowest BCUT2D eigenvalue weighted by Crippen LogP contribution is -2.32. The van der Waals surface area contributed by atoms with Gasteiger partial charge < -0.3 is 10.1 Å². The molecule has 0 fully saturated rings. The molecule has 0 aliphatic carbocycles. The summed E-state index contributed by atoms with van der Waals surface area (Å²) in [5.74, 6) is -0.238. The molecule has 0 saturated carbocycles. The summed E-state index contributed by atoms with van der Waals surface area (Å²) in [5.41, 5.74) is 4.96. The van der Waals surface area contributed by atoms with Gasteiger partial charge in [-0.25, -0.2) is 4.79 Å². The SMILES string of the molecule is CCC(C(=O)Nc1c(C)cc(C)cc1C)[P+](C)(C)CC(=O)OCc1ccccc1. The molecule has 5 heteroatoms. The fourth-order valence-electron chi connectivity index (χ4n) is 3.81. The molecule has 0 aromatic heterocycles. The third-order valence-electron chi connectivity index (χ3n) is 5.24. The summed E-state index contributed by atoms with van der Waals surface area (Å²) < 4.78 is 5.47. The Morgan fingerprint density at radius 3 is 2.17 bits per heavy atom. The van der Waals surface area contributed by atoms with Crippen molar-refractivity contribution < 1.29 is 14.3 Å². The Balaban J connectivity index is 2.04. The van der Waals surface area contributed by atoms with E-state index in [1.807, 2.05) is 51.1 Å². The van der Waals surface area contributed by atoms with Gasteiger partial charge in [-0.15, -0.1) is 0 Å². The number of carbonyl (C=O) groups is 2. The first-order valence-electron chi connectivity index (χ1n) is 10.0. The zero-order valence-electron chi connectivity index (χ0n) is 18.4. The van der Waals surface area contributed by atoms with Crippen molar-refractivity contribution >= 4 is 24.8 Å². The van der Waals surface area contributed by atoms with Gasteiger partial charge in [-0.2, -0.15) is 0 Å². The summed E-state index contributed by atoms with van der Waals surface area (Å²) in [6.07, 6.45) is 1.00. The molecule has 156 valence electrons. The van der Waals surface area contributed by atoms with Crippen LogP contribution >= 0.6 is 7.26 Å². The number of benzene rings is 2. The van der Waals surface area contributed by atoms with E-state index in [4.69, 9.17) is 4.74 Å². The second kappa shape index (κ2) is 10.0. The first-order valence-corrected chi connectivity index (χ1v) is 13.0. The molecule has 0 heterocycles. The number of aryl methyl sites for hydroxylation is 3. The lowest BCUT2D eigenvalue weighted by atomic mass is 10.0. The lowest BCUT2D eigenvalue weighted by Gasteiger charge is -2.26. The third kappa shape index (κ3) is 6.40. The number of rotatable bonds is 8. The van der Waals surface area contributed by atoms with Gasteiger partial charge in [0.2, 0.25) is 0 Å². The molecule has 1 amide bonds. The van der Waals surface area contributed by atoms with Gasteiger partial charge in [0.1, 0.15) is 12.3 Å². The standard InChI is InChI=1S/C24H32NO3P/c1-7-21(24(27)25-23-18(3)13-17(2)14-19(23)4)29(5,6)16-22(26)28-15-20-11-9-8-10-12-20/h8-14,21H,7,15-16H2,1-6H3/p+1. The third-order valence-corrected chi connectivity index (χ3v) is 8.60. The first kappa shape index (κ1) is 23.1. The van der Waals surface area contributed by atoms with Crippen LogP contribution in [-0.2, 0) is 20.9 Å². The minimum absolute atomic E-state index is 0.00301. The van der Waals surface area contributed by atoms with Crippen LogP contribution in [-0.4, -0.2) is 37.0 Å². The normalized spacial score (nSPS) is 12.3. The summed E-state index contributed by atoms with van der Waals surface area (Å²) in [5, 5.41) is 3.13. The van der Waals surface area contributed by atoms with Crippen LogP contribution in [0.2, 0.25) is 0 Å². The van der Waals surface area contributed by atoms with Crippen LogP contribution in [0.4, 0.5) is 5.69 Å². The van der Waals surface area contributed by atoms with Gasteiger partial charge in [-0.05, 0) is 43.9 Å². The van der Waals surface area contributed by atoms with Crippen LogP contribution < -0.4 is 5.32 Å². The zero-order valence-corrected chi connectivity index (χ0v) is 19.3. The van der Waals surface area contributed by atoms with Crippen LogP contribution in [0, 0.1) is 20.8 Å². The molecule has 1 unspecified atom stereocenters. The van der Waals surface area contributed by atoms with Gasteiger partial charge in [-0.1, -0.05) is 55.0 Å². The molecule has 0 saturated heterocycles. The highest BCUT2D eigenvalue weighted by Crippen LogP contribution is 2.57. The highest BCUT2D eigenvalue weighted by Gasteiger charge is 2.43. The van der Waals surface area contributed by atoms with Gasteiger partial charge in [0, 0.05) is 26.3 Å². The van der Waals surface area contributed by atoms with Crippen LogP contribution in [0.15, 0.2) is 42.5 Å². The summed E-state index contributed by atoms with van der Waals surface area (Å²) in [7, 11) is -1.85. The minimum atomic E-state index is -1.85. The Morgan fingerprint density at radius 2 is 1.62 bits per heavy atom. The summed E-state index contributed by atoms with van der Waals surface area (Å²) >= 11 is 0. The summed E-state index contributed by atoms with van der Waals surface area (Å²) in [4.78, 5) is 25.6. The van der Waals surface area contributed by atoms with Gasteiger partial charge in [-0.3, -0.25) is 4.79 Å². The average molecular weight is 415 g/mol. The number of anilines is 1. The highest BCUT2D eigenvalue weighted by atomic mass is 31.2. The Bertz CT molecular complexity index is 839. The molecule has 0 aliphatic heterocycles. The number of esters is 1. The van der Waals surface area contributed by atoms with E-state index in [0.29, 0.717) is 12.6 Å². The number of carbonyl (C=O) groups excluding carboxylic acids is 2. The lowest BCUT2D eigenvalue weighted by molar-refractivity contribution is -0.141. The maximum Gasteiger partial charge on any atom is 0.344 e. The van der Waals surface area contributed by atoms with Crippen molar-refractivity contribution in [2.45, 2.75) is 46.4 Å². The zero-order chi connectivity index (χ0) is 21.6. The number of hydrogen-bond donors (Lipinski definition) is 1. The van der Waals surface area contributed by atoms with E-state index < -0.39 is 7.26 Å². The molecule has 1 N–H and O–H groups in total. The second-order valence-corrected chi connectivity index (χ2v) is 12.8. The number of amides is 1. The molecule has 4 nitrogen and oxygen atoms in total. The van der Waals surface area contributed by atoms with Crippen molar-refractivity contribution in [2.24, 2.45) is 0 Å². The largest absolute Gasteiger partial charge is 0.458 e. The number of nitrogens with one attached hydrogen (secondary N) is 1. The van der Waals surface area contributed by atoms with E-state index in [-0.39, 0.29) is 24.1 Å². The Kier molecular flexibility index (Phi) is 7.98. The van der Waals surface area contributed by atoms with Crippen LogP contribution in [0.3, 0.4) is 0 Å². The minimum Gasteiger partial charge on any atom is -0.458 e. The molecule has 2 aromatic carbocycles. The second-order valence-electron chi connectivity index (χ2n) is 8.27. The Hall–Kier alpha value is -2.19. The summed E-state index contributed by atoms with van der Waals surface area (Å²) in [6.45, 7) is 12.5. The van der Waals surface area contributed by atoms with Crippen LogP contribution in [0.5, 0.6) is 0 Å². The van der Waals surface area contributed by atoms with E-state index in [9.17, 15) is 9.59 Å². The summed E-state index contributed by atoms with van der Waals surface area (Å²) in [6, 6.07) is 13.8. The van der Waals surface area contributed by atoms with E-state index in [2.05, 4.69) is 37.7 Å². The Morgan fingerprint density at radius 1 is 1.03 bits per heavy atom. The van der Waals surface area contributed by atoms with Gasteiger partial charge >= 0.3 is 5.97 Å². The van der Waals surface area contributed by atoms with Gasteiger partial charge in [0.05, 0.1) is 0 Å². The molecule has 1 atom stereocenters. The highest BCUT2D eigenvalue weighted by molar-refractivity contribution is 7.76. The van der Waals surface area contributed by atoms with Crippen molar-refractivity contribution in [3.8, 4) is 0 Å². The van der Waals surface area contributed by atoms with Crippen molar-refractivity contribution in [3.05, 3.63) is 64.7 Å². The van der Waals surface area contributed by atoms with Crippen molar-refractivity contribution in [1.29, 1.82) is 0 Å². The molecular formula is C24H33NO3P+. The predicted molar refractivity (Wildman–Crippen MR) is 123 cm³/mol. The Labute approximate surface area is 175 Å². The van der Waals surface area contributed by atoms with Gasteiger partial charge in [0.25, 0.3) is 5.91 Å². The van der Waals surface area contributed by atoms with E-state index >= 15 is 0 Å². The molecule has 0 bridgehead atoms. The van der Waals surface area contributed by atoms with Crippen molar-refractivity contribution in [3.63, 3.8) is 0 Å². The molecule has 2 aromatic rings. The van der Waals surface area contributed by atoms with E-state index in [0.717, 1.165) is 22.4 Å². The predicted octanol–water partition coefficient (Wildman–Crippen LogP) is 5.35. The molecule has 29 heavy (non-hydrogen) atoms. The quantitative estimate of drug-likeness (QED) is 0.468. The van der Waals surface area contributed by atoms with Crippen molar-refractivity contribution in [1.82, 2.24) is 0 Å². The monoisotopic (exact) mass is 414 g/mol. The topological polar surface area (TPSA) is 55.4 Å². The van der Waals surface area contributed by atoms with Crippen LogP contribution in [0.1, 0.15) is 35.6 Å². The van der Waals surface area contributed by atoms with E-state index in [1.54, 1.807) is 0 Å². The number of ether oxygens (including phenoxy) is 1. The van der Waals surface area contributed by atoms with Crippen LogP contribution in [0.25, 0.3) is 0 Å². The molecule has 0 radical (unpaired) electrons. The fraction of sp³-hybridized carbons (Fsp3) is 0.417. The molecule has 0 spiro atoms. The average Bonchev–Trinajstić information content (AvgIpc) is 2.63. The first-order chi connectivity index (χ1) is 13.6. The molecule has 2 rings (SSSR count). The maximum absolute atomic E-state index is 13.1. The fourth-order valence-corrected chi connectivity index (χ4v) is 6.47. The molecule has 0 aliphatic rings. The smallest absolute Gasteiger partial charge is 0.344 e. The molecular weight excluding hydrogens is 381 g/mol. The van der Waals surface area contributed by atoms with E-state index in [1.165, 1.54) is 5.56 Å². The van der Waals surface area contributed by atoms with Gasteiger partial charge in [0.15, 0.2) is 6.16 Å². The maximum atomic E-state index is 13.1. The van der Waals surface area contributed by atoms with Crippen molar-refractivity contribution in [2.75, 3.05) is 24.8 Å².